The summed E-state index contributed by atoms with van der Waals surface area (Å²) in [5.74, 6) is -0.634. The van der Waals surface area contributed by atoms with Crippen LogP contribution in [0, 0.1) is 12.7 Å². The number of aryl methyl sites for hydroxylation is 1. The first-order valence-corrected chi connectivity index (χ1v) is 10.3. The molecule has 1 heterocycles. The molecule has 0 saturated heterocycles. The lowest BCUT2D eigenvalue weighted by Gasteiger charge is -2.21. The highest BCUT2D eigenvalue weighted by molar-refractivity contribution is 9.10. The Morgan fingerprint density at radius 1 is 1.31 bits per heavy atom. The van der Waals surface area contributed by atoms with Crippen molar-refractivity contribution in [3.63, 3.8) is 0 Å². The van der Waals surface area contributed by atoms with E-state index in [9.17, 15) is 17.6 Å². The van der Waals surface area contributed by atoms with Gasteiger partial charge in [-0.3, -0.25) is 9.52 Å². The van der Waals surface area contributed by atoms with Crippen molar-refractivity contribution in [1.29, 1.82) is 0 Å². The molecular weight excluding hydrogens is 423 g/mol. The van der Waals surface area contributed by atoms with Crippen LogP contribution >= 0.6 is 15.9 Å². The van der Waals surface area contributed by atoms with Gasteiger partial charge in [-0.15, -0.1) is 0 Å². The molecule has 26 heavy (non-hydrogen) atoms. The fraction of sp³-hybridized carbons (Fsp3) is 0.278. The average molecular weight is 441 g/mol. The quantitative estimate of drug-likeness (QED) is 0.784. The van der Waals surface area contributed by atoms with Crippen LogP contribution in [0.3, 0.4) is 0 Å². The summed E-state index contributed by atoms with van der Waals surface area (Å²) >= 11 is 3.31. The Bertz CT molecular complexity index is 1010. The van der Waals surface area contributed by atoms with Gasteiger partial charge in [0.1, 0.15) is 10.7 Å². The lowest BCUT2D eigenvalue weighted by atomic mass is 10.1. The minimum atomic E-state index is -3.96. The number of fused-ring (bicyclic) bond motifs is 1. The summed E-state index contributed by atoms with van der Waals surface area (Å²) in [7, 11) is -3.96. The Morgan fingerprint density at radius 2 is 2.00 bits per heavy atom. The minimum absolute atomic E-state index is 0.00224. The Hall–Kier alpha value is -1.93. The number of anilines is 2. The molecule has 0 radical (unpaired) electrons. The number of hydrogen-bond acceptors (Lipinski definition) is 3. The molecule has 5 nitrogen and oxygen atoms in total. The smallest absolute Gasteiger partial charge is 0.263 e. The third kappa shape index (κ3) is 3.35. The van der Waals surface area contributed by atoms with Gasteiger partial charge >= 0.3 is 0 Å². The molecule has 0 saturated carbocycles. The predicted octanol–water partition coefficient (Wildman–Crippen LogP) is 3.99. The zero-order chi connectivity index (χ0) is 19.2. The van der Waals surface area contributed by atoms with E-state index in [-0.39, 0.29) is 22.5 Å². The molecule has 0 bridgehead atoms. The van der Waals surface area contributed by atoms with Crippen LogP contribution in [0.25, 0.3) is 0 Å². The van der Waals surface area contributed by atoms with Crippen LogP contribution < -0.4 is 9.62 Å². The third-order valence-electron chi connectivity index (χ3n) is 4.40. The number of sulfonamides is 1. The van der Waals surface area contributed by atoms with Gasteiger partial charge in [-0.1, -0.05) is 6.07 Å². The van der Waals surface area contributed by atoms with Crippen molar-refractivity contribution < 1.29 is 17.6 Å². The zero-order valence-corrected chi connectivity index (χ0v) is 16.9. The maximum atomic E-state index is 13.7. The Labute approximate surface area is 160 Å². The number of benzene rings is 2. The second-order valence-electron chi connectivity index (χ2n) is 6.42. The Morgan fingerprint density at radius 3 is 2.62 bits per heavy atom. The highest BCUT2D eigenvalue weighted by Crippen LogP contribution is 2.38. The maximum absolute atomic E-state index is 13.7. The molecule has 1 aliphatic rings. The van der Waals surface area contributed by atoms with Crippen LogP contribution in [0.1, 0.15) is 25.0 Å². The fourth-order valence-corrected chi connectivity index (χ4v) is 5.33. The average Bonchev–Trinajstić information content (AvgIpc) is 2.84. The molecular formula is C18H18BrFN2O3S. The van der Waals surface area contributed by atoms with Gasteiger partial charge in [-0.05, 0) is 71.6 Å². The molecule has 1 atom stereocenters. The molecule has 3 rings (SSSR count). The van der Waals surface area contributed by atoms with E-state index in [4.69, 9.17) is 0 Å². The second-order valence-corrected chi connectivity index (χ2v) is 8.93. The summed E-state index contributed by atoms with van der Waals surface area (Å²) in [5, 5.41) is 0. The largest absolute Gasteiger partial charge is 0.309 e. The highest BCUT2D eigenvalue weighted by Gasteiger charge is 2.32. The van der Waals surface area contributed by atoms with E-state index in [1.54, 1.807) is 17.9 Å². The van der Waals surface area contributed by atoms with E-state index in [1.165, 1.54) is 25.1 Å². The summed E-state index contributed by atoms with van der Waals surface area (Å²) in [5.41, 5.74) is 2.05. The number of carbonyl (C=O) groups excluding carboxylic acids is 1. The van der Waals surface area contributed by atoms with Crippen LogP contribution in [0.5, 0.6) is 0 Å². The first-order chi connectivity index (χ1) is 12.1. The minimum Gasteiger partial charge on any atom is -0.309 e. The predicted molar refractivity (Wildman–Crippen MR) is 102 cm³/mol. The van der Waals surface area contributed by atoms with Crippen LogP contribution in [-0.4, -0.2) is 20.4 Å². The molecule has 0 unspecified atom stereocenters. The van der Waals surface area contributed by atoms with E-state index >= 15 is 0 Å². The number of hydrogen-bond donors (Lipinski definition) is 1. The van der Waals surface area contributed by atoms with Gasteiger partial charge in [0, 0.05) is 23.1 Å². The van der Waals surface area contributed by atoms with Gasteiger partial charge in [-0.2, -0.15) is 0 Å². The normalized spacial score (nSPS) is 16.5. The molecule has 0 fully saturated rings. The molecule has 138 valence electrons. The fourth-order valence-electron chi connectivity index (χ4n) is 3.17. The molecule has 2 aromatic rings. The van der Waals surface area contributed by atoms with Crippen molar-refractivity contribution in [3.05, 3.63) is 51.7 Å². The summed E-state index contributed by atoms with van der Waals surface area (Å²) in [6.07, 6.45) is 0.657. The van der Waals surface area contributed by atoms with Crippen LogP contribution in [0.15, 0.2) is 39.7 Å². The van der Waals surface area contributed by atoms with Crippen LogP contribution in [0.4, 0.5) is 15.8 Å². The number of carbonyl (C=O) groups is 1. The van der Waals surface area contributed by atoms with Gasteiger partial charge < -0.3 is 4.90 Å². The molecule has 0 aromatic heterocycles. The van der Waals surface area contributed by atoms with Crippen LogP contribution in [-0.2, 0) is 21.2 Å². The van der Waals surface area contributed by atoms with Gasteiger partial charge in [0.25, 0.3) is 10.0 Å². The van der Waals surface area contributed by atoms with Crippen molar-refractivity contribution in [1.82, 2.24) is 0 Å². The number of rotatable bonds is 3. The Kier molecular flexibility index (Phi) is 4.83. The Balaban J connectivity index is 2.03. The van der Waals surface area contributed by atoms with E-state index in [0.717, 1.165) is 11.6 Å². The third-order valence-corrected chi connectivity index (χ3v) is 6.74. The standard InChI is InChI=1S/C18H18BrFN2O3S/c1-10-4-5-14(8-16(10)20)21-26(24,25)18-9-17-13(7-15(18)19)6-11(2)22(17)12(3)23/h4-5,7-9,11,21H,6H2,1-3H3/t11-/m0/s1. The lowest BCUT2D eigenvalue weighted by Crippen LogP contribution is -2.33. The van der Waals surface area contributed by atoms with Gasteiger partial charge in [-0.25, -0.2) is 12.8 Å². The molecule has 1 amide bonds. The number of halogens is 2. The van der Waals surface area contributed by atoms with E-state index in [0.29, 0.717) is 22.1 Å². The topological polar surface area (TPSA) is 66.5 Å². The lowest BCUT2D eigenvalue weighted by molar-refractivity contribution is -0.116. The molecule has 2 aromatic carbocycles. The van der Waals surface area contributed by atoms with E-state index < -0.39 is 15.8 Å². The van der Waals surface area contributed by atoms with Crippen molar-refractivity contribution in [2.45, 2.75) is 38.1 Å². The summed E-state index contributed by atoms with van der Waals surface area (Å²) in [6, 6.07) is 7.31. The molecule has 8 heteroatoms. The number of nitrogens with zero attached hydrogens (tertiary/aromatic N) is 1. The summed E-state index contributed by atoms with van der Waals surface area (Å²) < 4.78 is 42.1. The first-order valence-electron chi connectivity index (χ1n) is 8.01. The monoisotopic (exact) mass is 440 g/mol. The second kappa shape index (κ2) is 6.66. The van der Waals surface area contributed by atoms with Crippen molar-refractivity contribution in [3.8, 4) is 0 Å². The summed E-state index contributed by atoms with van der Waals surface area (Å²) in [6.45, 7) is 4.97. The van der Waals surface area contributed by atoms with Gasteiger partial charge in [0.15, 0.2) is 0 Å². The number of amides is 1. The van der Waals surface area contributed by atoms with Gasteiger partial charge in [0.05, 0.1) is 5.69 Å². The van der Waals surface area contributed by atoms with Gasteiger partial charge in [0.2, 0.25) is 5.91 Å². The first kappa shape index (κ1) is 18.8. The van der Waals surface area contributed by atoms with E-state index in [1.807, 2.05) is 6.92 Å². The molecule has 0 aliphatic carbocycles. The van der Waals surface area contributed by atoms with E-state index in [2.05, 4.69) is 20.7 Å². The van der Waals surface area contributed by atoms with Crippen molar-refractivity contribution in [2.24, 2.45) is 0 Å². The molecule has 0 spiro atoms. The number of nitrogens with one attached hydrogen (secondary N) is 1. The van der Waals surface area contributed by atoms with Crippen molar-refractivity contribution in [2.75, 3.05) is 9.62 Å². The van der Waals surface area contributed by atoms with Crippen molar-refractivity contribution >= 4 is 43.2 Å². The SMILES string of the molecule is CC(=O)N1c2cc(S(=O)(=O)Nc3ccc(C)c(F)c3)c(Br)cc2C[C@@H]1C. The zero-order valence-electron chi connectivity index (χ0n) is 14.5. The highest BCUT2D eigenvalue weighted by atomic mass is 79.9. The summed E-state index contributed by atoms with van der Waals surface area (Å²) in [4.78, 5) is 13.5. The molecule has 1 N–H and O–H groups in total. The van der Waals surface area contributed by atoms with Crippen LogP contribution in [0.2, 0.25) is 0 Å². The molecule has 1 aliphatic heterocycles. The maximum Gasteiger partial charge on any atom is 0.263 e.